The van der Waals surface area contributed by atoms with Gasteiger partial charge in [0.15, 0.2) is 0 Å². The number of ether oxygens (including phenoxy) is 1. The first kappa shape index (κ1) is 19.8. The van der Waals surface area contributed by atoms with Gasteiger partial charge >= 0.3 is 0 Å². The number of nitrogens with one attached hydrogen (secondary N) is 1. The first-order valence-electron chi connectivity index (χ1n) is 9.55. The van der Waals surface area contributed by atoms with Crippen LogP contribution >= 0.6 is 0 Å². The van der Waals surface area contributed by atoms with E-state index in [0.29, 0.717) is 34.2 Å². The van der Waals surface area contributed by atoms with Crippen LogP contribution in [0.15, 0.2) is 52.2 Å². The van der Waals surface area contributed by atoms with Crippen molar-refractivity contribution in [3.8, 4) is 11.3 Å². The monoisotopic (exact) mass is 413 g/mol. The van der Waals surface area contributed by atoms with Gasteiger partial charge in [0.2, 0.25) is 10.0 Å². The minimum atomic E-state index is -3.71. The van der Waals surface area contributed by atoms with Crippen LogP contribution in [0.5, 0.6) is 0 Å². The van der Waals surface area contributed by atoms with Crippen LogP contribution in [0, 0.1) is 6.92 Å². The highest BCUT2D eigenvalue weighted by molar-refractivity contribution is 7.89. The summed E-state index contributed by atoms with van der Waals surface area (Å²) in [4.78, 5) is 12.6. The Morgan fingerprint density at radius 3 is 2.69 bits per heavy atom. The summed E-state index contributed by atoms with van der Waals surface area (Å²) < 4.78 is 35.3. The largest absolute Gasteiger partial charge is 0.377 e. The lowest BCUT2D eigenvalue weighted by molar-refractivity contribution is 0.114. The van der Waals surface area contributed by atoms with Crippen molar-refractivity contribution < 1.29 is 13.2 Å². The van der Waals surface area contributed by atoms with Gasteiger partial charge in [0, 0.05) is 31.1 Å². The molecule has 0 aliphatic carbocycles. The molecule has 0 bridgehead atoms. The van der Waals surface area contributed by atoms with Crippen molar-refractivity contribution in [3.63, 3.8) is 0 Å². The van der Waals surface area contributed by atoms with Crippen LogP contribution < -0.4 is 10.3 Å². The van der Waals surface area contributed by atoms with Crippen molar-refractivity contribution in [2.45, 2.75) is 30.8 Å². The van der Waals surface area contributed by atoms with E-state index >= 15 is 0 Å². The van der Waals surface area contributed by atoms with Crippen molar-refractivity contribution in [2.24, 2.45) is 7.05 Å². The molecule has 152 valence electrons. The van der Waals surface area contributed by atoms with Crippen LogP contribution in [0.2, 0.25) is 0 Å². The molecule has 1 unspecified atom stereocenters. The van der Waals surface area contributed by atoms with Crippen LogP contribution in [-0.4, -0.2) is 37.5 Å². The van der Waals surface area contributed by atoms with Crippen molar-refractivity contribution >= 4 is 20.8 Å². The maximum Gasteiger partial charge on any atom is 0.274 e. The molecule has 0 spiro atoms. The lowest BCUT2D eigenvalue weighted by Crippen LogP contribution is -2.32. The Morgan fingerprint density at radius 1 is 1.21 bits per heavy atom. The number of aryl methyl sites for hydroxylation is 2. The third-order valence-corrected chi connectivity index (χ3v) is 6.80. The quantitative estimate of drug-likeness (QED) is 0.694. The molecule has 3 aromatic rings. The number of nitrogens with zero attached hydrogens (tertiary/aromatic N) is 2. The molecular formula is C21H23N3O4S. The van der Waals surface area contributed by atoms with Crippen LogP contribution in [0.25, 0.3) is 22.0 Å². The van der Waals surface area contributed by atoms with E-state index in [-0.39, 0.29) is 23.1 Å². The second-order valence-electron chi connectivity index (χ2n) is 7.29. The summed E-state index contributed by atoms with van der Waals surface area (Å²) in [6.07, 6.45) is 1.73. The van der Waals surface area contributed by atoms with E-state index in [4.69, 9.17) is 4.74 Å². The predicted molar refractivity (Wildman–Crippen MR) is 111 cm³/mol. The Kier molecular flexibility index (Phi) is 5.24. The first-order chi connectivity index (χ1) is 13.9. The van der Waals surface area contributed by atoms with E-state index in [9.17, 15) is 13.2 Å². The summed E-state index contributed by atoms with van der Waals surface area (Å²) in [5.41, 5.74) is 1.66. The normalized spacial score (nSPS) is 17.1. The van der Waals surface area contributed by atoms with Gasteiger partial charge in [-0.3, -0.25) is 4.79 Å². The Labute approximate surface area is 169 Å². The Hall–Kier alpha value is -2.55. The van der Waals surface area contributed by atoms with Crippen LogP contribution in [-0.2, 0) is 21.8 Å². The Balaban J connectivity index is 1.77. The SMILES string of the molecule is Cc1ccc(-c2nn(C)c(=O)c3ccccc23)cc1S(=O)(=O)NCC1CCCO1. The third kappa shape index (κ3) is 3.83. The summed E-state index contributed by atoms with van der Waals surface area (Å²) in [6.45, 7) is 2.69. The zero-order valence-electron chi connectivity index (χ0n) is 16.4. The molecule has 0 saturated carbocycles. The summed E-state index contributed by atoms with van der Waals surface area (Å²) in [7, 11) is -2.12. The topological polar surface area (TPSA) is 90.3 Å². The average Bonchev–Trinajstić information content (AvgIpc) is 3.23. The van der Waals surface area contributed by atoms with E-state index < -0.39 is 10.0 Å². The molecule has 8 heteroatoms. The molecular weight excluding hydrogens is 390 g/mol. The Morgan fingerprint density at radius 2 is 1.97 bits per heavy atom. The summed E-state index contributed by atoms with van der Waals surface area (Å²) >= 11 is 0. The van der Waals surface area contributed by atoms with Gasteiger partial charge < -0.3 is 4.74 Å². The second kappa shape index (κ2) is 7.70. The Bertz CT molecular complexity index is 1230. The number of hydrogen-bond acceptors (Lipinski definition) is 5. The van der Waals surface area contributed by atoms with E-state index in [1.807, 2.05) is 18.2 Å². The van der Waals surface area contributed by atoms with Gasteiger partial charge in [0.05, 0.1) is 22.1 Å². The minimum Gasteiger partial charge on any atom is -0.377 e. The van der Waals surface area contributed by atoms with Crippen LogP contribution in [0.1, 0.15) is 18.4 Å². The van der Waals surface area contributed by atoms with Crippen molar-refractivity contribution in [3.05, 3.63) is 58.4 Å². The highest BCUT2D eigenvalue weighted by Gasteiger charge is 2.22. The molecule has 2 heterocycles. The molecule has 29 heavy (non-hydrogen) atoms. The number of sulfonamides is 1. The molecule has 2 aromatic carbocycles. The minimum absolute atomic E-state index is 0.0810. The van der Waals surface area contributed by atoms with Crippen molar-refractivity contribution in [1.82, 2.24) is 14.5 Å². The molecule has 1 atom stereocenters. The average molecular weight is 413 g/mol. The smallest absolute Gasteiger partial charge is 0.274 e. The van der Waals surface area contributed by atoms with Gasteiger partial charge in [-0.1, -0.05) is 30.3 Å². The lowest BCUT2D eigenvalue weighted by Gasteiger charge is -2.14. The number of hydrogen-bond donors (Lipinski definition) is 1. The number of rotatable bonds is 5. The number of aromatic nitrogens is 2. The molecule has 0 radical (unpaired) electrons. The van der Waals surface area contributed by atoms with Gasteiger partial charge in [-0.2, -0.15) is 5.10 Å². The highest BCUT2D eigenvalue weighted by Crippen LogP contribution is 2.28. The lowest BCUT2D eigenvalue weighted by atomic mass is 10.0. The molecule has 1 N–H and O–H groups in total. The molecule has 7 nitrogen and oxygen atoms in total. The zero-order valence-corrected chi connectivity index (χ0v) is 17.2. The molecule has 1 aliphatic heterocycles. The summed E-state index contributed by atoms with van der Waals surface area (Å²) in [5.74, 6) is 0. The fourth-order valence-electron chi connectivity index (χ4n) is 3.64. The van der Waals surface area contributed by atoms with Crippen molar-refractivity contribution in [1.29, 1.82) is 0 Å². The van der Waals surface area contributed by atoms with E-state index in [1.54, 1.807) is 38.2 Å². The predicted octanol–water partition coefficient (Wildman–Crippen LogP) is 2.37. The highest BCUT2D eigenvalue weighted by atomic mass is 32.2. The fourth-order valence-corrected chi connectivity index (χ4v) is 4.97. The molecule has 1 fully saturated rings. The van der Waals surface area contributed by atoms with Crippen LogP contribution in [0.4, 0.5) is 0 Å². The fraction of sp³-hybridized carbons (Fsp3) is 0.333. The number of fused-ring (bicyclic) bond motifs is 1. The molecule has 1 aliphatic rings. The third-order valence-electron chi connectivity index (χ3n) is 5.23. The van der Waals surface area contributed by atoms with Gasteiger partial charge in [-0.15, -0.1) is 0 Å². The van der Waals surface area contributed by atoms with Gasteiger partial charge in [-0.25, -0.2) is 17.8 Å². The molecule has 1 aromatic heterocycles. The zero-order chi connectivity index (χ0) is 20.6. The van der Waals surface area contributed by atoms with Crippen molar-refractivity contribution in [2.75, 3.05) is 13.2 Å². The maximum atomic E-state index is 12.9. The maximum absolute atomic E-state index is 12.9. The second-order valence-corrected chi connectivity index (χ2v) is 9.03. The summed E-state index contributed by atoms with van der Waals surface area (Å²) in [6, 6.07) is 12.4. The van der Waals surface area contributed by atoms with E-state index in [2.05, 4.69) is 9.82 Å². The number of benzene rings is 2. The molecule has 1 saturated heterocycles. The molecule has 0 amide bonds. The van der Waals surface area contributed by atoms with E-state index in [1.165, 1.54) is 4.68 Å². The standard InChI is InChI=1S/C21H23N3O4S/c1-14-9-10-15(12-19(14)29(26,27)22-13-16-6-5-11-28-16)20-17-7-3-4-8-18(17)21(25)24(2)23-20/h3-4,7-10,12,16,22H,5-6,11,13H2,1-2H3. The van der Waals surface area contributed by atoms with Gasteiger partial charge in [-0.05, 0) is 37.5 Å². The van der Waals surface area contributed by atoms with E-state index in [0.717, 1.165) is 12.8 Å². The van der Waals surface area contributed by atoms with Crippen LogP contribution in [0.3, 0.4) is 0 Å². The van der Waals surface area contributed by atoms with Gasteiger partial charge in [0.1, 0.15) is 0 Å². The first-order valence-corrected chi connectivity index (χ1v) is 11.0. The summed E-state index contributed by atoms with van der Waals surface area (Å²) in [5, 5.41) is 5.63. The van der Waals surface area contributed by atoms with Gasteiger partial charge in [0.25, 0.3) is 5.56 Å². The molecule has 4 rings (SSSR count).